The van der Waals surface area contributed by atoms with Crippen molar-refractivity contribution >= 4 is 34.3 Å². The molecule has 3 aromatic heterocycles. The minimum Gasteiger partial charge on any atom is -0.481 e. The van der Waals surface area contributed by atoms with Gasteiger partial charge in [0.1, 0.15) is 11.5 Å². The number of pyridine rings is 2. The Morgan fingerprint density at radius 2 is 1.86 bits per heavy atom. The highest BCUT2D eigenvalue weighted by molar-refractivity contribution is 7.99. The van der Waals surface area contributed by atoms with Gasteiger partial charge in [-0.15, -0.1) is 10.2 Å². The summed E-state index contributed by atoms with van der Waals surface area (Å²) in [5.41, 5.74) is 1.71. The maximum atomic E-state index is 14.7. The number of halogens is 1. The Labute approximate surface area is 210 Å². The minimum absolute atomic E-state index is 0.319. The van der Waals surface area contributed by atoms with Gasteiger partial charge in [0.15, 0.2) is 11.5 Å². The zero-order chi connectivity index (χ0) is 24.7. The highest BCUT2D eigenvalue weighted by Gasteiger charge is 2.42. The van der Waals surface area contributed by atoms with Crippen molar-refractivity contribution in [2.75, 3.05) is 13.2 Å². The first-order valence-electron chi connectivity index (χ1n) is 11.5. The van der Waals surface area contributed by atoms with Crippen LogP contribution >= 0.6 is 11.8 Å². The van der Waals surface area contributed by atoms with E-state index in [4.69, 9.17) is 4.74 Å². The van der Waals surface area contributed by atoms with E-state index in [0.717, 1.165) is 21.5 Å². The summed E-state index contributed by atoms with van der Waals surface area (Å²) >= 11 is 1.40. The molecule has 0 aliphatic carbocycles. The summed E-state index contributed by atoms with van der Waals surface area (Å²) in [5.74, 6) is -0.740. The van der Waals surface area contributed by atoms with E-state index in [9.17, 15) is 14.3 Å². The number of carboxylic acids is 1. The van der Waals surface area contributed by atoms with Gasteiger partial charge in [-0.3, -0.25) is 14.2 Å². The van der Waals surface area contributed by atoms with Crippen LogP contribution in [0, 0.1) is 5.82 Å². The number of fused-ring (bicyclic) bond motifs is 3. The molecule has 1 aliphatic rings. The average Bonchev–Trinajstić information content (AvgIpc) is 3.34. The number of rotatable bonds is 5. The van der Waals surface area contributed by atoms with E-state index in [-0.39, 0.29) is 0 Å². The third kappa shape index (κ3) is 3.90. The van der Waals surface area contributed by atoms with E-state index >= 15 is 0 Å². The van der Waals surface area contributed by atoms with Gasteiger partial charge in [-0.1, -0.05) is 17.8 Å². The van der Waals surface area contributed by atoms with Crippen molar-refractivity contribution < 1.29 is 19.0 Å². The van der Waals surface area contributed by atoms with Crippen LogP contribution in [0.2, 0.25) is 0 Å². The SMILES string of the molecule is O=C(O)C1(c2cc(F)cc(Sc3ccc4c(ccc5nnc(-c6ccccn6)n54)c3)c2)CCOCC1. The quantitative estimate of drug-likeness (QED) is 0.347. The van der Waals surface area contributed by atoms with Gasteiger partial charge < -0.3 is 9.84 Å². The van der Waals surface area contributed by atoms with Crippen LogP contribution in [0.5, 0.6) is 0 Å². The van der Waals surface area contributed by atoms with Crippen LogP contribution < -0.4 is 0 Å². The summed E-state index contributed by atoms with van der Waals surface area (Å²) in [6.07, 6.45) is 2.36. The van der Waals surface area contributed by atoms with Gasteiger partial charge in [-0.2, -0.15) is 0 Å². The summed E-state index contributed by atoms with van der Waals surface area (Å²) in [6.45, 7) is 0.683. The summed E-state index contributed by atoms with van der Waals surface area (Å²) in [7, 11) is 0. The van der Waals surface area contributed by atoms with Crippen molar-refractivity contribution in [3.05, 3.63) is 84.3 Å². The first-order chi connectivity index (χ1) is 17.5. The van der Waals surface area contributed by atoms with E-state index in [2.05, 4.69) is 15.2 Å². The maximum Gasteiger partial charge on any atom is 0.314 e. The van der Waals surface area contributed by atoms with Gasteiger partial charge in [0.05, 0.1) is 10.9 Å². The van der Waals surface area contributed by atoms with Crippen molar-refractivity contribution in [3.8, 4) is 11.5 Å². The van der Waals surface area contributed by atoms with Gasteiger partial charge >= 0.3 is 5.97 Å². The fourth-order valence-corrected chi connectivity index (χ4v) is 5.73. The number of hydrogen-bond acceptors (Lipinski definition) is 6. The van der Waals surface area contributed by atoms with Crippen LogP contribution in [0.3, 0.4) is 0 Å². The summed E-state index contributed by atoms with van der Waals surface area (Å²) in [5, 5.41) is 19.6. The third-order valence-electron chi connectivity index (χ3n) is 6.65. The fourth-order valence-electron chi connectivity index (χ4n) is 4.78. The number of ether oxygens (including phenoxy) is 1. The summed E-state index contributed by atoms with van der Waals surface area (Å²) in [4.78, 5) is 18.2. The van der Waals surface area contributed by atoms with E-state index in [1.807, 2.05) is 52.9 Å². The molecule has 0 radical (unpaired) electrons. The number of hydrogen-bond donors (Lipinski definition) is 1. The molecule has 2 aromatic carbocycles. The summed E-state index contributed by atoms with van der Waals surface area (Å²) in [6, 6.07) is 20.1. The van der Waals surface area contributed by atoms with E-state index in [1.165, 1.54) is 23.9 Å². The smallest absolute Gasteiger partial charge is 0.314 e. The molecule has 180 valence electrons. The van der Waals surface area contributed by atoms with Crippen LogP contribution in [0.25, 0.3) is 28.1 Å². The number of carboxylic acid groups (broad SMARTS) is 1. The fraction of sp³-hybridized carbons (Fsp3) is 0.185. The Morgan fingerprint density at radius 3 is 2.64 bits per heavy atom. The predicted octanol–water partition coefficient (Wildman–Crippen LogP) is 5.37. The molecule has 0 unspecified atom stereocenters. The predicted molar refractivity (Wildman–Crippen MR) is 134 cm³/mol. The number of benzene rings is 2. The maximum absolute atomic E-state index is 14.7. The van der Waals surface area contributed by atoms with Crippen molar-refractivity contribution in [3.63, 3.8) is 0 Å². The lowest BCUT2D eigenvalue weighted by molar-refractivity contribution is -0.147. The zero-order valence-electron chi connectivity index (χ0n) is 19.1. The second kappa shape index (κ2) is 9.00. The first kappa shape index (κ1) is 22.6. The second-order valence-corrected chi connectivity index (χ2v) is 9.91. The van der Waals surface area contributed by atoms with Crippen molar-refractivity contribution in [1.82, 2.24) is 19.6 Å². The lowest BCUT2D eigenvalue weighted by Gasteiger charge is -2.33. The van der Waals surface area contributed by atoms with Crippen molar-refractivity contribution in [2.45, 2.75) is 28.0 Å². The molecule has 0 amide bonds. The molecule has 0 saturated carbocycles. The van der Waals surface area contributed by atoms with Gasteiger partial charge in [0.2, 0.25) is 0 Å². The monoisotopic (exact) mass is 500 g/mol. The Kier molecular flexibility index (Phi) is 5.66. The number of nitrogens with zero attached hydrogens (tertiary/aromatic N) is 4. The third-order valence-corrected chi connectivity index (χ3v) is 7.61. The Bertz CT molecular complexity index is 1600. The van der Waals surface area contributed by atoms with Crippen molar-refractivity contribution in [1.29, 1.82) is 0 Å². The van der Waals surface area contributed by atoms with Gasteiger partial charge in [-0.05, 0) is 84.5 Å². The van der Waals surface area contributed by atoms with Crippen LogP contribution in [0.1, 0.15) is 18.4 Å². The molecule has 1 N–H and O–H groups in total. The van der Waals surface area contributed by atoms with Crippen LogP contribution in [-0.2, 0) is 14.9 Å². The van der Waals surface area contributed by atoms with E-state index in [0.29, 0.717) is 48.0 Å². The largest absolute Gasteiger partial charge is 0.481 e. The Balaban J connectivity index is 1.38. The average molecular weight is 501 g/mol. The molecule has 6 rings (SSSR count). The van der Waals surface area contributed by atoms with Gasteiger partial charge in [0, 0.05) is 29.2 Å². The molecule has 0 atom stereocenters. The topological polar surface area (TPSA) is 89.6 Å². The van der Waals surface area contributed by atoms with Gasteiger partial charge in [-0.25, -0.2) is 4.39 Å². The molecule has 9 heteroatoms. The molecule has 1 fully saturated rings. The highest BCUT2D eigenvalue weighted by Crippen LogP contribution is 2.39. The molecular formula is C27H21FN4O3S. The summed E-state index contributed by atoms with van der Waals surface area (Å²) < 4.78 is 22.0. The Hall–Kier alpha value is -3.82. The van der Waals surface area contributed by atoms with Crippen LogP contribution in [0.4, 0.5) is 4.39 Å². The molecule has 0 bridgehead atoms. The minimum atomic E-state index is -1.14. The number of aromatic nitrogens is 4. The van der Waals surface area contributed by atoms with Crippen molar-refractivity contribution in [2.24, 2.45) is 0 Å². The normalized spacial score (nSPS) is 15.4. The van der Waals surface area contributed by atoms with Crippen LogP contribution in [-0.4, -0.2) is 43.9 Å². The molecular weight excluding hydrogens is 479 g/mol. The van der Waals surface area contributed by atoms with Crippen LogP contribution in [0.15, 0.2) is 82.7 Å². The first-order valence-corrected chi connectivity index (χ1v) is 12.3. The molecule has 4 heterocycles. The Morgan fingerprint density at radius 1 is 1.00 bits per heavy atom. The highest BCUT2D eigenvalue weighted by atomic mass is 32.2. The molecule has 1 aliphatic heterocycles. The number of carbonyl (C=O) groups is 1. The van der Waals surface area contributed by atoms with E-state index in [1.54, 1.807) is 12.3 Å². The van der Waals surface area contributed by atoms with Gasteiger partial charge in [0.25, 0.3) is 0 Å². The molecule has 1 saturated heterocycles. The lowest BCUT2D eigenvalue weighted by Crippen LogP contribution is -2.41. The van der Waals surface area contributed by atoms with E-state index < -0.39 is 17.2 Å². The second-order valence-electron chi connectivity index (χ2n) is 8.76. The molecule has 5 aromatic rings. The number of aliphatic carboxylic acids is 1. The lowest BCUT2D eigenvalue weighted by atomic mass is 9.74. The molecule has 36 heavy (non-hydrogen) atoms. The zero-order valence-corrected chi connectivity index (χ0v) is 19.9. The molecule has 0 spiro atoms. The molecule has 7 nitrogen and oxygen atoms in total. The standard InChI is InChI=1S/C27H21FN4O3S/c28-19-14-18(27(26(33)34)8-11-35-12-9-27)15-21(16-19)36-20-5-6-23-17(13-20)4-7-24-30-31-25(32(23)24)22-3-1-2-10-29-22/h1-7,10,13-16H,8-9,11-12H2,(H,33,34).